The molecular formula is C24H29N3O3S. The second-order valence-corrected chi connectivity index (χ2v) is 10.5. The van der Waals surface area contributed by atoms with Gasteiger partial charge in [-0.1, -0.05) is 24.3 Å². The van der Waals surface area contributed by atoms with Crippen molar-refractivity contribution in [1.29, 1.82) is 0 Å². The number of nitrogens with zero attached hydrogens (tertiary/aromatic N) is 2. The first kappa shape index (κ1) is 20.5. The molecular weight excluding hydrogens is 410 g/mol. The number of rotatable bonds is 4. The van der Waals surface area contributed by atoms with Crippen molar-refractivity contribution in [3.05, 3.63) is 59.2 Å². The molecule has 1 fully saturated rings. The molecule has 0 spiro atoms. The van der Waals surface area contributed by atoms with Crippen molar-refractivity contribution in [1.82, 2.24) is 9.62 Å². The van der Waals surface area contributed by atoms with Crippen LogP contribution in [0.3, 0.4) is 0 Å². The van der Waals surface area contributed by atoms with Gasteiger partial charge in [0.1, 0.15) is 5.58 Å². The zero-order chi connectivity index (χ0) is 21.6. The summed E-state index contributed by atoms with van der Waals surface area (Å²) in [6, 6.07) is 13.3. The Morgan fingerprint density at radius 2 is 1.81 bits per heavy atom. The summed E-state index contributed by atoms with van der Waals surface area (Å²) in [5.74, 6) is 0. The predicted octanol–water partition coefficient (Wildman–Crippen LogP) is 3.33. The molecule has 31 heavy (non-hydrogen) atoms. The molecule has 1 aliphatic heterocycles. The molecule has 0 bridgehead atoms. The van der Waals surface area contributed by atoms with E-state index in [0.29, 0.717) is 12.0 Å². The largest absolute Gasteiger partial charge is 0.443 e. The highest BCUT2D eigenvalue weighted by Gasteiger charge is 2.30. The van der Waals surface area contributed by atoms with Crippen LogP contribution in [0, 0.1) is 6.92 Å². The third-order valence-corrected chi connectivity index (χ3v) is 8.04. The summed E-state index contributed by atoms with van der Waals surface area (Å²) in [4.78, 5) is 4.80. The fourth-order valence-corrected chi connectivity index (χ4v) is 6.09. The third kappa shape index (κ3) is 3.97. The molecule has 1 aromatic heterocycles. The highest BCUT2D eigenvalue weighted by Crippen LogP contribution is 2.34. The Morgan fingerprint density at radius 1 is 1.03 bits per heavy atom. The Hall–Kier alpha value is -2.35. The van der Waals surface area contributed by atoms with Gasteiger partial charge in [0.25, 0.3) is 10.0 Å². The van der Waals surface area contributed by atoms with E-state index in [0.717, 1.165) is 44.4 Å². The number of furan rings is 1. The lowest BCUT2D eigenvalue weighted by Gasteiger charge is -2.37. The Kier molecular flexibility index (Phi) is 5.28. The maximum Gasteiger partial charge on any atom is 0.274 e. The lowest BCUT2D eigenvalue weighted by molar-refractivity contribution is 0.312. The number of para-hydroxylation sites is 1. The Labute approximate surface area is 183 Å². The average molecular weight is 440 g/mol. The summed E-state index contributed by atoms with van der Waals surface area (Å²) in [5.41, 5.74) is 5.83. The van der Waals surface area contributed by atoms with Crippen molar-refractivity contribution in [2.45, 2.75) is 37.3 Å². The third-order valence-electron chi connectivity index (χ3n) is 6.67. The highest BCUT2D eigenvalue weighted by molar-refractivity contribution is 7.89. The van der Waals surface area contributed by atoms with Gasteiger partial charge in [-0.2, -0.15) is 0 Å². The van der Waals surface area contributed by atoms with Crippen LogP contribution in [0.15, 0.2) is 52.0 Å². The molecule has 1 atom stereocenters. The van der Waals surface area contributed by atoms with Crippen LogP contribution in [0.4, 0.5) is 5.69 Å². The van der Waals surface area contributed by atoms with Crippen molar-refractivity contribution in [2.75, 3.05) is 38.1 Å². The monoisotopic (exact) mass is 439 g/mol. The molecule has 0 saturated carbocycles. The minimum Gasteiger partial charge on any atom is -0.443 e. The Bertz CT molecular complexity index is 1180. The van der Waals surface area contributed by atoms with Gasteiger partial charge in [0.05, 0.1) is 0 Å². The molecule has 7 heteroatoms. The number of likely N-dealkylation sites (N-methyl/N-ethyl adjacent to an activating group) is 1. The number of benzene rings is 2. The van der Waals surface area contributed by atoms with Crippen LogP contribution in [-0.2, 0) is 22.9 Å². The van der Waals surface area contributed by atoms with Crippen LogP contribution in [0.5, 0.6) is 0 Å². The van der Waals surface area contributed by atoms with Crippen LogP contribution in [0.25, 0.3) is 11.0 Å². The molecule has 164 valence electrons. The highest BCUT2D eigenvalue weighted by atomic mass is 32.2. The molecule has 5 rings (SSSR count). The topological polar surface area (TPSA) is 65.8 Å². The first-order valence-corrected chi connectivity index (χ1v) is 12.4. The molecule has 0 unspecified atom stereocenters. The van der Waals surface area contributed by atoms with Crippen LogP contribution in [0.1, 0.15) is 23.1 Å². The molecule has 0 amide bonds. The zero-order valence-corrected chi connectivity index (χ0v) is 18.9. The van der Waals surface area contributed by atoms with Gasteiger partial charge in [0, 0.05) is 49.4 Å². The number of piperazine rings is 1. The summed E-state index contributed by atoms with van der Waals surface area (Å²) >= 11 is 0. The van der Waals surface area contributed by atoms with Gasteiger partial charge in [-0.3, -0.25) is 0 Å². The standard InChI is InChI=1S/C24H29N3O3S/c1-17-7-10-22(27-13-11-26(2)12-14-27)21-16-19(8-9-20(17)21)25-31(28,29)24-15-18-5-3-4-6-23(18)30-24/h3-7,10,15,19,25H,8-9,11-14,16H2,1-2H3/t19-/m1/s1. The molecule has 2 heterocycles. The summed E-state index contributed by atoms with van der Waals surface area (Å²) < 4.78 is 34.7. The van der Waals surface area contributed by atoms with E-state index < -0.39 is 10.0 Å². The van der Waals surface area contributed by atoms with Crippen molar-refractivity contribution in [3.63, 3.8) is 0 Å². The quantitative estimate of drug-likeness (QED) is 0.676. The van der Waals surface area contributed by atoms with E-state index in [2.05, 4.69) is 40.6 Å². The summed E-state index contributed by atoms with van der Waals surface area (Å²) in [5, 5.41) is 0.785. The first-order chi connectivity index (χ1) is 14.9. The average Bonchev–Trinajstić information content (AvgIpc) is 3.20. The second kappa shape index (κ2) is 7.97. The van der Waals surface area contributed by atoms with Crippen molar-refractivity contribution < 1.29 is 12.8 Å². The molecule has 3 aromatic rings. The Morgan fingerprint density at radius 3 is 2.58 bits per heavy atom. The molecule has 1 N–H and O–H groups in total. The van der Waals surface area contributed by atoms with Crippen LogP contribution < -0.4 is 9.62 Å². The van der Waals surface area contributed by atoms with E-state index in [1.54, 1.807) is 12.1 Å². The van der Waals surface area contributed by atoms with E-state index in [1.165, 1.54) is 22.4 Å². The molecule has 0 radical (unpaired) electrons. The number of nitrogens with one attached hydrogen (secondary N) is 1. The van der Waals surface area contributed by atoms with Crippen molar-refractivity contribution in [3.8, 4) is 0 Å². The fourth-order valence-electron chi connectivity index (χ4n) is 4.85. The number of fused-ring (bicyclic) bond motifs is 2. The second-order valence-electron chi connectivity index (χ2n) is 8.81. The number of anilines is 1. The van der Waals surface area contributed by atoms with E-state index in [-0.39, 0.29) is 11.1 Å². The van der Waals surface area contributed by atoms with Crippen molar-refractivity contribution >= 4 is 26.7 Å². The van der Waals surface area contributed by atoms with Gasteiger partial charge >= 0.3 is 0 Å². The van der Waals surface area contributed by atoms with Crippen LogP contribution in [0.2, 0.25) is 0 Å². The summed E-state index contributed by atoms with van der Waals surface area (Å²) in [6.45, 7) is 6.25. The Balaban J connectivity index is 1.40. The minimum atomic E-state index is -3.72. The normalized spacial score (nSPS) is 20.2. The molecule has 2 aromatic carbocycles. The van der Waals surface area contributed by atoms with E-state index in [1.807, 2.05) is 18.2 Å². The molecule has 2 aliphatic rings. The number of hydrogen-bond acceptors (Lipinski definition) is 5. The number of aryl methyl sites for hydroxylation is 1. The first-order valence-electron chi connectivity index (χ1n) is 11.0. The van der Waals surface area contributed by atoms with Gasteiger partial charge in [0.15, 0.2) is 0 Å². The lowest BCUT2D eigenvalue weighted by atomic mass is 9.84. The maximum atomic E-state index is 13.1. The smallest absolute Gasteiger partial charge is 0.274 e. The summed E-state index contributed by atoms with van der Waals surface area (Å²) in [7, 11) is -1.56. The molecule has 6 nitrogen and oxygen atoms in total. The van der Waals surface area contributed by atoms with E-state index >= 15 is 0 Å². The number of hydrogen-bond donors (Lipinski definition) is 1. The molecule has 1 aliphatic carbocycles. The van der Waals surface area contributed by atoms with Crippen LogP contribution in [-0.4, -0.2) is 52.6 Å². The van der Waals surface area contributed by atoms with Gasteiger partial charge in [0.2, 0.25) is 5.09 Å². The predicted molar refractivity (Wildman–Crippen MR) is 123 cm³/mol. The SMILES string of the molecule is Cc1ccc(N2CCN(C)CC2)c2c1CC[C@@H](NS(=O)(=O)c1cc3ccccc3o1)C2. The maximum absolute atomic E-state index is 13.1. The zero-order valence-electron chi connectivity index (χ0n) is 18.1. The van der Waals surface area contributed by atoms with Crippen LogP contribution >= 0.6 is 0 Å². The van der Waals surface area contributed by atoms with Crippen molar-refractivity contribution in [2.24, 2.45) is 0 Å². The summed E-state index contributed by atoms with van der Waals surface area (Å²) in [6.07, 6.45) is 2.38. The number of sulfonamides is 1. The van der Waals surface area contributed by atoms with Gasteiger partial charge < -0.3 is 14.2 Å². The fraction of sp³-hybridized carbons (Fsp3) is 0.417. The lowest BCUT2D eigenvalue weighted by Crippen LogP contribution is -2.45. The minimum absolute atomic E-state index is 0.0111. The van der Waals surface area contributed by atoms with E-state index in [9.17, 15) is 8.42 Å². The van der Waals surface area contributed by atoms with Gasteiger partial charge in [-0.25, -0.2) is 13.1 Å². The van der Waals surface area contributed by atoms with Gasteiger partial charge in [-0.05, 0) is 62.1 Å². The molecule has 1 saturated heterocycles. The van der Waals surface area contributed by atoms with E-state index in [4.69, 9.17) is 4.42 Å². The van der Waals surface area contributed by atoms with Gasteiger partial charge in [-0.15, -0.1) is 0 Å².